The number of aromatic amines is 1. The molecule has 1 saturated heterocycles. The predicted octanol–water partition coefficient (Wildman–Crippen LogP) is 2.76. The largest absolute Gasteiger partial charge is 0.360 e. The minimum atomic E-state index is -0.760. The number of fused-ring (bicyclic) bond motifs is 1. The predicted molar refractivity (Wildman–Crippen MR) is 109 cm³/mol. The van der Waals surface area contributed by atoms with Crippen molar-refractivity contribution in [1.82, 2.24) is 14.8 Å². The van der Waals surface area contributed by atoms with Gasteiger partial charge in [-0.2, -0.15) is 0 Å². The van der Waals surface area contributed by atoms with Gasteiger partial charge in [-0.1, -0.05) is 12.1 Å². The summed E-state index contributed by atoms with van der Waals surface area (Å²) in [5, 5.41) is 0.117. The maximum atomic E-state index is 14.1. The van der Waals surface area contributed by atoms with Crippen LogP contribution < -0.4 is 0 Å². The van der Waals surface area contributed by atoms with Gasteiger partial charge in [0.1, 0.15) is 5.82 Å². The molecule has 0 aliphatic carbocycles. The summed E-state index contributed by atoms with van der Waals surface area (Å²) < 4.78 is 14.1. The second-order valence-corrected chi connectivity index (χ2v) is 7.34. The van der Waals surface area contributed by atoms with Gasteiger partial charge >= 0.3 is 0 Å². The summed E-state index contributed by atoms with van der Waals surface area (Å²) >= 11 is 4.25. The second-order valence-electron chi connectivity index (χ2n) is 6.83. The molecule has 1 N–H and O–H groups in total. The molecule has 1 fully saturated rings. The molecule has 0 saturated carbocycles. The van der Waals surface area contributed by atoms with Gasteiger partial charge in [0, 0.05) is 53.7 Å². The van der Waals surface area contributed by atoms with Crippen LogP contribution in [0, 0.1) is 5.82 Å². The number of rotatable bonds is 3. The molecule has 3 aromatic rings. The first-order valence-electron chi connectivity index (χ1n) is 9.13. The Bertz CT molecular complexity index is 1120. The van der Waals surface area contributed by atoms with Crippen LogP contribution in [-0.2, 0) is 4.79 Å². The molecule has 148 valence electrons. The number of amides is 2. The highest BCUT2D eigenvalue weighted by Crippen LogP contribution is 2.23. The monoisotopic (exact) mass is 411 g/mol. The van der Waals surface area contributed by atoms with Crippen molar-refractivity contribution in [3.05, 3.63) is 65.6 Å². The van der Waals surface area contributed by atoms with Gasteiger partial charge in [-0.3, -0.25) is 14.4 Å². The van der Waals surface area contributed by atoms with Gasteiger partial charge in [-0.25, -0.2) is 4.39 Å². The summed E-state index contributed by atoms with van der Waals surface area (Å²) in [6, 6.07) is 11.4. The van der Waals surface area contributed by atoms with Crippen LogP contribution in [0.15, 0.2) is 53.6 Å². The van der Waals surface area contributed by atoms with Crippen LogP contribution in [-0.4, -0.2) is 58.6 Å². The quantitative estimate of drug-likeness (QED) is 0.395. The molecule has 29 heavy (non-hydrogen) atoms. The van der Waals surface area contributed by atoms with Gasteiger partial charge < -0.3 is 14.8 Å². The third-order valence-corrected chi connectivity index (χ3v) is 5.32. The molecule has 1 aliphatic rings. The lowest BCUT2D eigenvalue weighted by molar-refractivity contribution is -0.127. The zero-order valence-electron chi connectivity index (χ0n) is 15.4. The summed E-state index contributed by atoms with van der Waals surface area (Å²) in [5.74, 6) is -2.15. The fourth-order valence-electron chi connectivity index (χ4n) is 3.51. The number of ketones is 1. The van der Waals surface area contributed by atoms with E-state index in [-0.39, 0.29) is 29.9 Å². The number of nitrogens with one attached hydrogen (secondary N) is 1. The van der Waals surface area contributed by atoms with E-state index in [1.807, 2.05) is 0 Å². The number of carbonyl (C=O) groups excluding carboxylic acids is 3. The van der Waals surface area contributed by atoms with Crippen molar-refractivity contribution >= 4 is 41.1 Å². The van der Waals surface area contributed by atoms with E-state index in [2.05, 4.69) is 17.6 Å². The summed E-state index contributed by atoms with van der Waals surface area (Å²) in [4.78, 5) is 44.5. The summed E-state index contributed by atoms with van der Waals surface area (Å²) in [6.45, 7) is 1.11. The number of halogens is 1. The molecule has 0 atom stereocenters. The van der Waals surface area contributed by atoms with Crippen molar-refractivity contribution in [3.8, 4) is 0 Å². The molecule has 0 bridgehead atoms. The van der Waals surface area contributed by atoms with E-state index >= 15 is 0 Å². The van der Waals surface area contributed by atoms with Gasteiger partial charge in [0.25, 0.3) is 17.6 Å². The molecule has 1 aromatic heterocycles. The van der Waals surface area contributed by atoms with Crippen LogP contribution in [0.1, 0.15) is 20.7 Å². The number of hydrogen-bond acceptors (Lipinski definition) is 4. The Hall–Kier alpha value is -3.13. The lowest BCUT2D eigenvalue weighted by Gasteiger charge is -2.34. The van der Waals surface area contributed by atoms with Crippen LogP contribution >= 0.6 is 12.6 Å². The van der Waals surface area contributed by atoms with Crippen molar-refractivity contribution in [1.29, 1.82) is 0 Å². The van der Waals surface area contributed by atoms with Crippen molar-refractivity contribution in [2.45, 2.75) is 4.90 Å². The van der Waals surface area contributed by atoms with Crippen LogP contribution in [0.5, 0.6) is 0 Å². The SMILES string of the molecule is O=C(C(=O)N1CCN(C(=O)c2cccc(S)c2)CC1)c1c[nH]c2cccc(F)c12. The van der Waals surface area contributed by atoms with Gasteiger partial charge in [0.15, 0.2) is 0 Å². The van der Waals surface area contributed by atoms with E-state index in [1.54, 1.807) is 35.2 Å². The molecule has 0 radical (unpaired) electrons. The van der Waals surface area contributed by atoms with E-state index in [4.69, 9.17) is 0 Å². The maximum absolute atomic E-state index is 14.1. The number of carbonyl (C=O) groups is 3. The van der Waals surface area contributed by atoms with Gasteiger partial charge in [0.2, 0.25) is 0 Å². The Kier molecular flexibility index (Phi) is 5.10. The number of benzene rings is 2. The van der Waals surface area contributed by atoms with E-state index in [1.165, 1.54) is 23.2 Å². The Morgan fingerprint density at radius 2 is 1.66 bits per heavy atom. The third-order valence-electron chi connectivity index (χ3n) is 5.04. The number of H-pyrrole nitrogens is 1. The number of hydrogen-bond donors (Lipinski definition) is 2. The van der Waals surface area contributed by atoms with Gasteiger partial charge in [0.05, 0.1) is 5.56 Å². The number of aromatic nitrogens is 1. The second kappa shape index (κ2) is 7.71. The topological polar surface area (TPSA) is 73.5 Å². The maximum Gasteiger partial charge on any atom is 0.295 e. The molecular formula is C21H18FN3O3S. The Morgan fingerprint density at radius 3 is 2.38 bits per heavy atom. The third kappa shape index (κ3) is 3.63. The zero-order chi connectivity index (χ0) is 20.5. The highest BCUT2D eigenvalue weighted by molar-refractivity contribution is 7.80. The number of thiol groups is 1. The molecule has 1 aliphatic heterocycles. The molecule has 2 aromatic carbocycles. The van der Waals surface area contributed by atoms with Crippen molar-refractivity contribution in [3.63, 3.8) is 0 Å². The van der Waals surface area contributed by atoms with Crippen LogP contribution in [0.25, 0.3) is 10.9 Å². The summed E-state index contributed by atoms with van der Waals surface area (Å²) in [7, 11) is 0. The van der Waals surface area contributed by atoms with E-state index < -0.39 is 17.5 Å². The highest BCUT2D eigenvalue weighted by atomic mass is 32.1. The summed E-state index contributed by atoms with van der Waals surface area (Å²) in [5.41, 5.74) is 1.01. The molecule has 2 amide bonds. The number of Topliss-reactive ketones (excluding diaryl/α,β-unsaturated/α-hetero) is 1. The molecule has 0 unspecified atom stereocenters. The van der Waals surface area contributed by atoms with E-state index in [0.29, 0.717) is 29.1 Å². The van der Waals surface area contributed by atoms with Gasteiger partial charge in [-0.05, 0) is 30.3 Å². The first-order chi connectivity index (χ1) is 14.0. The van der Waals surface area contributed by atoms with Crippen LogP contribution in [0.3, 0.4) is 0 Å². The highest BCUT2D eigenvalue weighted by Gasteiger charge is 2.30. The average molecular weight is 411 g/mol. The average Bonchev–Trinajstić information content (AvgIpc) is 3.18. The lowest BCUT2D eigenvalue weighted by atomic mass is 10.1. The molecule has 6 nitrogen and oxygen atoms in total. The molecule has 2 heterocycles. The Labute approximate surface area is 171 Å². The number of nitrogens with zero attached hydrogens (tertiary/aromatic N) is 2. The molecule has 8 heteroatoms. The van der Waals surface area contributed by atoms with Gasteiger partial charge in [-0.15, -0.1) is 12.6 Å². The van der Waals surface area contributed by atoms with Crippen LogP contribution in [0.4, 0.5) is 4.39 Å². The standard InChI is InChI=1S/C21H18FN3O3S/c22-16-5-2-6-17-18(16)15(12-23-17)19(26)21(28)25-9-7-24(8-10-25)20(27)13-3-1-4-14(29)11-13/h1-6,11-12,23,29H,7-10H2. The lowest BCUT2D eigenvalue weighted by Crippen LogP contribution is -2.52. The molecule has 4 rings (SSSR count). The molecular weight excluding hydrogens is 393 g/mol. The fourth-order valence-corrected chi connectivity index (χ4v) is 3.74. The number of piperazine rings is 1. The van der Waals surface area contributed by atoms with Crippen molar-refractivity contribution in [2.24, 2.45) is 0 Å². The van der Waals surface area contributed by atoms with Crippen LogP contribution in [0.2, 0.25) is 0 Å². The van der Waals surface area contributed by atoms with Crippen molar-refractivity contribution in [2.75, 3.05) is 26.2 Å². The first kappa shape index (κ1) is 19.2. The Balaban J connectivity index is 1.45. The molecule has 0 spiro atoms. The van der Waals surface area contributed by atoms with E-state index in [0.717, 1.165) is 0 Å². The Morgan fingerprint density at radius 1 is 0.966 bits per heavy atom. The smallest absolute Gasteiger partial charge is 0.295 e. The normalized spacial score (nSPS) is 14.3. The summed E-state index contributed by atoms with van der Waals surface area (Å²) in [6.07, 6.45) is 1.36. The minimum absolute atomic E-state index is 0.0206. The fraction of sp³-hybridized carbons (Fsp3) is 0.190. The van der Waals surface area contributed by atoms with Crippen molar-refractivity contribution < 1.29 is 18.8 Å². The van der Waals surface area contributed by atoms with E-state index in [9.17, 15) is 18.8 Å². The zero-order valence-corrected chi connectivity index (χ0v) is 16.3. The first-order valence-corrected chi connectivity index (χ1v) is 9.58. The minimum Gasteiger partial charge on any atom is -0.360 e.